The monoisotopic (exact) mass is 152 g/mol. The van der Waals surface area contributed by atoms with Crippen LogP contribution >= 0.6 is 0 Å². The van der Waals surface area contributed by atoms with Crippen molar-refractivity contribution < 1.29 is 0 Å². The molecule has 0 aliphatic rings. The molecule has 1 atom stereocenters. The van der Waals surface area contributed by atoms with Crippen LogP contribution in [0.5, 0.6) is 0 Å². The van der Waals surface area contributed by atoms with Crippen molar-refractivity contribution in [2.75, 3.05) is 0 Å². The van der Waals surface area contributed by atoms with Gasteiger partial charge in [0.2, 0.25) is 0 Å². The molecule has 0 fully saturated rings. The number of allylic oxidation sites excluding steroid dienone is 4. The van der Waals surface area contributed by atoms with E-state index in [0.29, 0.717) is 0 Å². The second-order valence-electron chi connectivity index (χ2n) is 3.00. The molecule has 0 saturated heterocycles. The lowest BCUT2D eigenvalue weighted by atomic mass is 10.0. The van der Waals surface area contributed by atoms with Gasteiger partial charge in [-0.25, -0.2) is 0 Å². The van der Waals surface area contributed by atoms with Crippen LogP contribution in [0.25, 0.3) is 0 Å². The summed E-state index contributed by atoms with van der Waals surface area (Å²) in [5.41, 5.74) is 0. The standard InChI is InChI=1S/C11H20/c1-4-6-7-8-10-11(3)9-5-2/h4-6,9,11H,7-8,10H2,1-3H3. The average Bonchev–Trinajstić information content (AvgIpc) is 1.99. The van der Waals surface area contributed by atoms with E-state index in [1.807, 2.05) is 0 Å². The van der Waals surface area contributed by atoms with Crippen LogP contribution in [0.4, 0.5) is 0 Å². The van der Waals surface area contributed by atoms with Crippen molar-refractivity contribution in [3.63, 3.8) is 0 Å². The first-order valence-electron chi connectivity index (χ1n) is 4.55. The van der Waals surface area contributed by atoms with Gasteiger partial charge in [0.25, 0.3) is 0 Å². The van der Waals surface area contributed by atoms with Crippen LogP contribution in [-0.2, 0) is 0 Å². The molecule has 0 nitrogen and oxygen atoms in total. The summed E-state index contributed by atoms with van der Waals surface area (Å²) in [6.07, 6.45) is 12.6. The van der Waals surface area contributed by atoms with Gasteiger partial charge in [-0.3, -0.25) is 0 Å². The molecular weight excluding hydrogens is 132 g/mol. The highest BCUT2D eigenvalue weighted by Gasteiger charge is 1.93. The van der Waals surface area contributed by atoms with Gasteiger partial charge in [-0.1, -0.05) is 31.2 Å². The van der Waals surface area contributed by atoms with Crippen LogP contribution in [0.15, 0.2) is 24.3 Å². The molecule has 0 aromatic heterocycles. The summed E-state index contributed by atoms with van der Waals surface area (Å²) in [6, 6.07) is 0. The molecule has 0 bridgehead atoms. The minimum atomic E-state index is 0.755. The first-order valence-corrected chi connectivity index (χ1v) is 4.55. The van der Waals surface area contributed by atoms with Crippen molar-refractivity contribution in [2.24, 2.45) is 5.92 Å². The number of hydrogen-bond donors (Lipinski definition) is 0. The van der Waals surface area contributed by atoms with E-state index in [2.05, 4.69) is 45.1 Å². The molecule has 0 aliphatic carbocycles. The molecule has 0 aliphatic heterocycles. The third-order valence-corrected chi connectivity index (χ3v) is 1.79. The molecule has 11 heavy (non-hydrogen) atoms. The van der Waals surface area contributed by atoms with Gasteiger partial charge in [0.1, 0.15) is 0 Å². The normalized spacial score (nSPS) is 14.8. The maximum atomic E-state index is 2.27. The van der Waals surface area contributed by atoms with Crippen molar-refractivity contribution in [3.05, 3.63) is 24.3 Å². The Labute approximate surface area is 71.0 Å². The number of unbranched alkanes of at least 4 members (excludes halogenated alkanes) is 1. The minimum Gasteiger partial charge on any atom is -0.0917 e. The highest BCUT2D eigenvalue weighted by atomic mass is 14.0. The molecule has 0 radical (unpaired) electrons. The zero-order valence-corrected chi connectivity index (χ0v) is 8.01. The summed E-state index contributed by atoms with van der Waals surface area (Å²) in [5, 5.41) is 0. The molecule has 1 unspecified atom stereocenters. The van der Waals surface area contributed by atoms with Crippen molar-refractivity contribution in [1.29, 1.82) is 0 Å². The van der Waals surface area contributed by atoms with Gasteiger partial charge >= 0.3 is 0 Å². The zero-order chi connectivity index (χ0) is 8.53. The Morgan fingerprint density at radius 2 is 1.91 bits per heavy atom. The number of rotatable bonds is 5. The fourth-order valence-electron chi connectivity index (χ4n) is 1.15. The van der Waals surface area contributed by atoms with E-state index >= 15 is 0 Å². The van der Waals surface area contributed by atoms with Crippen molar-refractivity contribution in [3.8, 4) is 0 Å². The van der Waals surface area contributed by atoms with Crippen LogP contribution in [0, 0.1) is 5.92 Å². The van der Waals surface area contributed by atoms with Crippen molar-refractivity contribution in [1.82, 2.24) is 0 Å². The Hall–Kier alpha value is -0.520. The van der Waals surface area contributed by atoms with Crippen LogP contribution in [0.3, 0.4) is 0 Å². The fourth-order valence-corrected chi connectivity index (χ4v) is 1.15. The first kappa shape index (κ1) is 10.5. The molecule has 0 heteroatoms. The summed E-state index contributed by atoms with van der Waals surface area (Å²) in [6.45, 7) is 6.44. The average molecular weight is 152 g/mol. The van der Waals surface area contributed by atoms with E-state index in [-0.39, 0.29) is 0 Å². The molecule has 0 aromatic carbocycles. The third kappa shape index (κ3) is 7.38. The maximum Gasteiger partial charge on any atom is -0.0262 e. The fraction of sp³-hybridized carbons (Fsp3) is 0.636. The SMILES string of the molecule is CC=CCCCC(C)C=CC. The minimum absolute atomic E-state index is 0.755. The van der Waals surface area contributed by atoms with Crippen molar-refractivity contribution in [2.45, 2.75) is 40.0 Å². The lowest BCUT2D eigenvalue weighted by Gasteiger charge is -2.02. The van der Waals surface area contributed by atoms with Crippen LogP contribution < -0.4 is 0 Å². The molecule has 0 rings (SSSR count). The van der Waals surface area contributed by atoms with Crippen molar-refractivity contribution >= 4 is 0 Å². The largest absolute Gasteiger partial charge is 0.0917 e. The van der Waals surface area contributed by atoms with E-state index in [1.54, 1.807) is 0 Å². The topological polar surface area (TPSA) is 0 Å². The Morgan fingerprint density at radius 3 is 2.45 bits per heavy atom. The van der Waals surface area contributed by atoms with Gasteiger partial charge in [0.15, 0.2) is 0 Å². The molecule has 0 heterocycles. The Kier molecular flexibility index (Phi) is 7.23. The van der Waals surface area contributed by atoms with Crippen LogP contribution in [0.2, 0.25) is 0 Å². The highest BCUT2D eigenvalue weighted by Crippen LogP contribution is 2.09. The molecular formula is C11H20. The van der Waals surface area contributed by atoms with Gasteiger partial charge in [0.05, 0.1) is 0 Å². The van der Waals surface area contributed by atoms with Gasteiger partial charge in [-0.2, -0.15) is 0 Å². The molecule has 0 amide bonds. The Morgan fingerprint density at radius 1 is 1.18 bits per heavy atom. The molecule has 0 saturated carbocycles. The third-order valence-electron chi connectivity index (χ3n) is 1.79. The van der Waals surface area contributed by atoms with E-state index in [0.717, 1.165) is 5.92 Å². The van der Waals surface area contributed by atoms with E-state index < -0.39 is 0 Å². The molecule has 0 N–H and O–H groups in total. The van der Waals surface area contributed by atoms with Gasteiger partial charge in [0, 0.05) is 0 Å². The zero-order valence-electron chi connectivity index (χ0n) is 8.01. The van der Waals surface area contributed by atoms with Gasteiger partial charge < -0.3 is 0 Å². The molecule has 64 valence electrons. The van der Waals surface area contributed by atoms with Gasteiger partial charge in [-0.05, 0) is 39.0 Å². The lowest BCUT2D eigenvalue weighted by molar-refractivity contribution is 0.611. The number of hydrogen-bond acceptors (Lipinski definition) is 0. The predicted octanol–water partition coefficient (Wildman–Crippen LogP) is 3.95. The molecule has 0 aromatic rings. The lowest BCUT2D eigenvalue weighted by Crippen LogP contribution is -1.87. The smallest absolute Gasteiger partial charge is 0.0262 e. The molecule has 0 spiro atoms. The van der Waals surface area contributed by atoms with Crippen LogP contribution in [0.1, 0.15) is 40.0 Å². The van der Waals surface area contributed by atoms with E-state index in [9.17, 15) is 0 Å². The van der Waals surface area contributed by atoms with E-state index in [4.69, 9.17) is 0 Å². The van der Waals surface area contributed by atoms with Crippen LogP contribution in [-0.4, -0.2) is 0 Å². The first-order chi connectivity index (χ1) is 5.31. The predicted molar refractivity (Wildman–Crippen MR) is 52.6 cm³/mol. The summed E-state index contributed by atoms with van der Waals surface area (Å²) >= 11 is 0. The van der Waals surface area contributed by atoms with E-state index in [1.165, 1.54) is 19.3 Å². The summed E-state index contributed by atoms with van der Waals surface area (Å²) < 4.78 is 0. The Bertz CT molecular complexity index is 120. The summed E-state index contributed by atoms with van der Waals surface area (Å²) in [5.74, 6) is 0.755. The van der Waals surface area contributed by atoms with Gasteiger partial charge in [-0.15, -0.1) is 0 Å². The quantitative estimate of drug-likeness (QED) is 0.413. The highest BCUT2D eigenvalue weighted by molar-refractivity contribution is 4.84. The maximum absolute atomic E-state index is 2.27. The second-order valence-corrected chi connectivity index (χ2v) is 3.00. The summed E-state index contributed by atoms with van der Waals surface area (Å²) in [7, 11) is 0. The summed E-state index contributed by atoms with van der Waals surface area (Å²) in [4.78, 5) is 0. The second kappa shape index (κ2) is 7.59. The Balaban J connectivity index is 3.23.